The number of fused-ring (bicyclic) bond motifs is 1. The maximum atomic E-state index is 12.0. The number of pyridine rings is 1. The molecule has 0 aliphatic heterocycles. The van der Waals surface area contributed by atoms with Crippen molar-refractivity contribution in [3.63, 3.8) is 0 Å². The van der Waals surface area contributed by atoms with E-state index >= 15 is 0 Å². The summed E-state index contributed by atoms with van der Waals surface area (Å²) in [6.07, 6.45) is 6.89. The van der Waals surface area contributed by atoms with Gasteiger partial charge in [-0.05, 0) is 42.9 Å². The number of anilines is 1. The molecule has 0 spiro atoms. The van der Waals surface area contributed by atoms with E-state index in [1.54, 1.807) is 35.5 Å². The zero-order chi connectivity index (χ0) is 15.4. The summed E-state index contributed by atoms with van der Waals surface area (Å²) in [6, 6.07) is 3.95. The molecule has 0 radical (unpaired) electrons. The molecule has 0 bridgehead atoms. The molecular formula is C16H19N3OS2. The van der Waals surface area contributed by atoms with Gasteiger partial charge in [0.15, 0.2) is 5.13 Å². The molecular weight excluding hydrogens is 314 g/mol. The number of rotatable bonds is 5. The van der Waals surface area contributed by atoms with E-state index in [2.05, 4.69) is 22.2 Å². The molecule has 0 fully saturated rings. The topological polar surface area (TPSA) is 54.9 Å². The SMILES string of the molecule is CC1CCc2nc(NC(=O)CSCc3ccncc3)sc2C1. The third-order valence-electron chi connectivity index (χ3n) is 3.68. The average Bonchev–Trinajstić information content (AvgIpc) is 2.89. The highest BCUT2D eigenvalue weighted by molar-refractivity contribution is 7.99. The van der Waals surface area contributed by atoms with E-state index in [0.717, 1.165) is 29.6 Å². The fourth-order valence-electron chi connectivity index (χ4n) is 2.49. The Labute approximate surface area is 138 Å². The van der Waals surface area contributed by atoms with Gasteiger partial charge in [-0.25, -0.2) is 4.98 Å². The Hall–Kier alpha value is -1.40. The van der Waals surface area contributed by atoms with Crippen molar-refractivity contribution in [2.75, 3.05) is 11.1 Å². The fourth-order valence-corrected chi connectivity index (χ4v) is 4.46. The molecule has 116 valence electrons. The molecule has 1 aliphatic carbocycles. The molecule has 4 nitrogen and oxygen atoms in total. The summed E-state index contributed by atoms with van der Waals surface area (Å²) in [4.78, 5) is 21.9. The number of thiazole rings is 1. The maximum Gasteiger partial charge on any atom is 0.236 e. The van der Waals surface area contributed by atoms with Crippen LogP contribution >= 0.6 is 23.1 Å². The zero-order valence-electron chi connectivity index (χ0n) is 12.5. The first-order valence-corrected chi connectivity index (χ1v) is 9.43. The van der Waals surface area contributed by atoms with Crippen LogP contribution in [0.5, 0.6) is 0 Å². The summed E-state index contributed by atoms with van der Waals surface area (Å²) in [6.45, 7) is 2.27. The number of thioether (sulfide) groups is 1. The van der Waals surface area contributed by atoms with Gasteiger partial charge >= 0.3 is 0 Å². The number of nitrogens with zero attached hydrogens (tertiary/aromatic N) is 2. The standard InChI is InChI=1S/C16H19N3OS2/c1-11-2-3-13-14(8-11)22-16(18-13)19-15(20)10-21-9-12-4-6-17-7-5-12/h4-7,11H,2-3,8-10H2,1H3,(H,18,19,20). The number of nitrogens with one attached hydrogen (secondary N) is 1. The zero-order valence-corrected chi connectivity index (χ0v) is 14.2. The fraction of sp³-hybridized carbons (Fsp3) is 0.438. The van der Waals surface area contributed by atoms with Crippen LogP contribution in [-0.2, 0) is 23.4 Å². The van der Waals surface area contributed by atoms with Crippen LogP contribution in [-0.4, -0.2) is 21.6 Å². The molecule has 2 aromatic heterocycles. The van der Waals surface area contributed by atoms with Crippen molar-refractivity contribution >= 4 is 34.1 Å². The van der Waals surface area contributed by atoms with Crippen LogP contribution in [0.25, 0.3) is 0 Å². The minimum absolute atomic E-state index is 0.0261. The number of carbonyl (C=O) groups is 1. The van der Waals surface area contributed by atoms with Crippen LogP contribution in [0.4, 0.5) is 5.13 Å². The second-order valence-electron chi connectivity index (χ2n) is 5.63. The smallest absolute Gasteiger partial charge is 0.236 e. The van der Waals surface area contributed by atoms with E-state index < -0.39 is 0 Å². The minimum Gasteiger partial charge on any atom is -0.301 e. The maximum absolute atomic E-state index is 12.0. The molecule has 1 aliphatic rings. The number of hydrogen-bond acceptors (Lipinski definition) is 5. The largest absolute Gasteiger partial charge is 0.301 e. The first-order chi connectivity index (χ1) is 10.7. The van der Waals surface area contributed by atoms with Crippen molar-refractivity contribution in [3.05, 3.63) is 40.7 Å². The van der Waals surface area contributed by atoms with Crippen molar-refractivity contribution in [1.29, 1.82) is 0 Å². The summed E-state index contributed by atoms with van der Waals surface area (Å²) < 4.78 is 0. The minimum atomic E-state index is 0.0261. The summed E-state index contributed by atoms with van der Waals surface area (Å²) in [7, 11) is 0. The molecule has 1 N–H and O–H groups in total. The first-order valence-electron chi connectivity index (χ1n) is 7.46. The Kier molecular flexibility index (Phi) is 5.10. The Morgan fingerprint density at radius 1 is 1.45 bits per heavy atom. The lowest BCUT2D eigenvalue weighted by molar-refractivity contribution is -0.113. The highest BCUT2D eigenvalue weighted by Crippen LogP contribution is 2.32. The Balaban J connectivity index is 1.48. The predicted octanol–water partition coefficient (Wildman–Crippen LogP) is 3.53. The number of aromatic nitrogens is 2. The highest BCUT2D eigenvalue weighted by Gasteiger charge is 2.20. The first kappa shape index (κ1) is 15.5. The van der Waals surface area contributed by atoms with Gasteiger partial charge in [0.05, 0.1) is 11.4 Å². The molecule has 3 rings (SSSR count). The highest BCUT2D eigenvalue weighted by atomic mass is 32.2. The quantitative estimate of drug-likeness (QED) is 0.909. The van der Waals surface area contributed by atoms with Gasteiger partial charge in [-0.15, -0.1) is 23.1 Å². The van der Waals surface area contributed by atoms with Gasteiger partial charge in [-0.1, -0.05) is 6.92 Å². The van der Waals surface area contributed by atoms with Gasteiger partial charge < -0.3 is 5.32 Å². The van der Waals surface area contributed by atoms with Crippen LogP contribution < -0.4 is 5.32 Å². The number of carbonyl (C=O) groups excluding carboxylic acids is 1. The number of hydrogen-bond donors (Lipinski definition) is 1. The van der Waals surface area contributed by atoms with Crippen LogP contribution in [0.2, 0.25) is 0 Å². The van der Waals surface area contributed by atoms with Crippen LogP contribution in [0.3, 0.4) is 0 Å². The van der Waals surface area contributed by atoms with E-state index in [1.807, 2.05) is 12.1 Å². The third-order valence-corrected chi connectivity index (χ3v) is 5.72. The van der Waals surface area contributed by atoms with Crippen LogP contribution in [0.1, 0.15) is 29.5 Å². The van der Waals surface area contributed by atoms with E-state index in [0.29, 0.717) is 5.75 Å². The molecule has 2 heterocycles. The van der Waals surface area contributed by atoms with Gasteiger partial charge in [-0.3, -0.25) is 9.78 Å². The van der Waals surface area contributed by atoms with Crippen molar-refractivity contribution in [1.82, 2.24) is 9.97 Å². The van der Waals surface area contributed by atoms with Crippen molar-refractivity contribution in [3.8, 4) is 0 Å². The van der Waals surface area contributed by atoms with Crippen molar-refractivity contribution < 1.29 is 4.79 Å². The van der Waals surface area contributed by atoms with Gasteiger partial charge in [0.2, 0.25) is 5.91 Å². The van der Waals surface area contributed by atoms with E-state index in [1.165, 1.54) is 22.6 Å². The van der Waals surface area contributed by atoms with E-state index in [4.69, 9.17) is 0 Å². The predicted molar refractivity (Wildman–Crippen MR) is 92.3 cm³/mol. The third kappa shape index (κ3) is 4.08. The van der Waals surface area contributed by atoms with Gasteiger partial charge in [0.25, 0.3) is 0 Å². The van der Waals surface area contributed by atoms with Gasteiger partial charge in [-0.2, -0.15) is 0 Å². The van der Waals surface area contributed by atoms with Crippen LogP contribution in [0, 0.1) is 5.92 Å². The lowest BCUT2D eigenvalue weighted by Gasteiger charge is -2.15. The molecule has 0 saturated heterocycles. The lowest BCUT2D eigenvalue weighted by Crippen LogP contribution is -2.14. The molecule has 1 unspecified atom stereocenters. The normalized spacial score (nSPS) is 17.0. The summed E-state index contributed by atoms with van der Waals surface area (Å²) in [5.41, 5.74) is 2.37. The van der Waals surface area contributed by atoms with Crippen molar-refractivity contribution in [2.45, 2.75) is 31.9 Å². The average molecular weight is 333 g/mol. The molecule has 22 heavy (non-hydrogen) atoms. The molecule has 6 heteroatoms. The second-order valence-corrected chi connectivity index (χ2v) is 7.70. The van der Waals surface area contributed by atoms with Gasteiger partial charge in [0, 0.05) is 23.0 Å². The number of amides is 1. The molecule has 1 atom stereocenters. The molecule has 0 saturated carbocycles. The molecule has 2 aromatic rings. The Bertz CT molecular complexity index is 642. The number of aryl methyl sites for hydroxylation is 1. The molecule has 0 aromatic carbocycles. The Morgan fingerprint density at radius 2 is 2.27 bits per heavy atom. The second kappa shape index (κ2) is 7.24. The van der Waals surface area contributed by atoms with Crippen LogP contribution in [0.15, 0.2) is 24.5 Å². The summed E-state index contributed by atoms with van der Waals surface area (Å²) in [5, 5.41) is 3.69. The van der Waals surface area contributed by atoms with E-state index in [9.17, 15) is 4.79 Å². The van der Waals surface area contributed by atoms with E-state index in [-0.39, 0.29) is 5.91 Å². The molecule has 1 amide bonds. The lowest BCUT2D eigenvalue weighted by atomic mass is 9.93. The summed E-state index contributed by atoms with van der Waals surface area (Å²) in [5.74, 6) is 2.02. The van der Waals surface area contributed by atoms with Gasteiger partial charge in [0.1, 0.15) is 0 Å². The Morgan fingerprint density at radius 3 is 3.09 bits per heavy atom. The van der Waals surface area contributed by atoms with Crippen molar-refractivity contribution in [2.24, 2.45) is 5.92 Å². The monoisotopic (exact) mass is 333 g/mol. The summed E-state index contributed by atoms with van der Waals surface area (Å²) >= 11 is 3.24.